The summed E-state index contributed by atoms with van der Waals surface area (Å²) in [4.78, 5) is 16.6. The van der Waals surface area contributed by atoms with Gasteiger partial charge in [-0.15, -0.1) is 0 Å². The Hall–Kier alpha value is -0.610. The van der Waals surface area contributed by atoms with Crippen LogP contribution in [0.3, 0.4) is 0 Å². The molecule has 0 bridgehead atoms. The first-order valence-electron chi connectivity index (χ1n) is 7.96. The van der Waals surface area contributed by atoms with Gasteiger partial charge in [-0.3, -0.25) is 9.69 Å². The van der Waals surface area contributed by atoms with Gasteiger partial charge in [-0.25, -0.2) is 0 Å². The second-order valence-electron chi connectivity index (χ2n) is 6.04. The third kappa shape index (κ3) is 4.77. The molecule has 0 unspecified atom stereocenters. The largest absolute Gasteiger partial charge is 0.339 e. The van der Waals surface area contributed by atoms with Crippen molar-refractivity contribution in [1.82, 2.24) is 15.1 Å². The van der Waals surface area contributed by atoms with Crippen LogP contribution in [-0.4, -0.2) is 61.5 Å². The summed E-state index contributed by atoms with van der Waals surface area (Å²) in [5.74, 6) is 0.311. The van der Waals surface area contributed by atoms with E-state index in [4.69, 9.17) is 0 Å². The van der Waals surface area contributed by atoms with E-state index < -0.39 is 0 Å². The zero-order chi connectivity index (χ0) is 13.5. The predicted octanol–water partition coefficient (Wildman–Crippen LogP) is 1.46. The van der Waals surface area contributed by atoms with Crippen LogP contribution in [0.15, 0.2) is 0 Å². The zero-order valence-corrected chi connectivity index (χ0v) is 12.4. The van der Waals surface area contributed by atoms with E-state index in [1.54, 1.807) is 0 Å². The molecule has 0 aromatic rings. The Bertz CT molecular complexity index is 269. The number of hydrogen-bond donors (Lipinski definition) is 1. The molecule has 1 heterocycles. The monoisotopic (exact) mass is 267 g/mol. The number of amides is 1. The molecule has 2 aliphatic rings. The van der Waals surface area contributed by atoms with Crippen molar-refractivity contribution in [3.63, 3.8) is 0 Å². The predicted molar refractivity (Wildman–Crippen MR) is 78.2 cm³/mol. The van der Waals surface area contributed by atoms with Crippen LogP contribution < -0.4 is 5.32 Å². The Balaban J connectivity index is 1.77. The Labute approximate surface area is 117 Å². The van der Waals surface area contributed by atoms with Gasteiger partial charge in [-0.2, -0.15) is 0 Å². The number of likely N-dealkylation sites (N-methyl/N-ethyl adjacent to an activating group) is 1. The molecule has 1 aliphatic carbocycles. The smallest absolute Gasteiger partial charge is 0.236 e. The van der Waals surface area contributed by atoms with Crippen molar-refractivity contribution in [2.75, 3.05) is 39.8 Å². The van der Waals surface area contributed by atoms with Crippen molar-refractivity contribution in [3.8, 4) is 0 Å². The molecule has 4 heteroatoms. The van der Waals surface area contributed by atoms with Gasteiger partial charge in [0, 0.05) is 32.2 Å². The number of carbonyl (C=O) groups is 1. The first-order valence-corrected chi connectivity index (χ1v) is 7.96. The van der Waals surface area contributed by atoms with E-state index in [1.165, 1.54) is 44.9 Å². The molecule has 1 N–H and O–H groups in total. The molecule has 4 nitrogen and oxygen atoms in total. The van der Waals surface area contributed by atoms with Crippen molar-refractivity contribution < 1.29 is 4.79 Å². The molecule has 2 fully saturated rings. The summed E-state index contributed by atoms with van der Waals surface area (Å²) in [6.07, 6.45) is 9.34. The first-order chi connectivity index (χ1) is 9.27. The van der Waals surface area contributed by atoms with E-state index in [0.717, 1.165) is 26.2 Å². The van der Waals surface area contributed by atoms with Crippen LogP contribution in [0.1, 0.15) is 44.9 Å². The highest BCUT2D eigenvalue weighted by molar-refractivity contribution is 5.78. The maximum absolute atomic E-state index is 12.3. The molecule has 0 radical (unpaired) electrons. The second-order valence-corrected chi connectivity index (χ2v) is 6.04. The molecule has 1 aliphatic heterocycles. The van der Waals surface area contributed by atoms with E-state index in [9.17, 15) is 4.79 Å². The lowest BCUT2D eigenvalue weighted by Gasteiger charge is -2.33. The minimum Gasteiger partial charge on any atom is -0.339 e. The summed E-state index contributed by atoms with van der Waals surface area (Å²) in [6.45, 7) is 4.23. The lowest BCUT2D eigenvalue weighted by Crippen LogP contribution is -2.50. The minimum absolute atomic E-state index is 0.311. The molecule has 0 atom stereocenters. The van der Waals surface area contributed by atoms with Crippen molar-refractivity contribution in [3.05, 3.63) is 0 Å². The van der Waals surface area contributed by atoms with E-state index in [0.29, 0.717) is 18.5 Å². The van der Waals surface area contributed by atoms with Gasteiger partial charge in [0.1, 0.15) is 0 Å². The Kier molecular flexibility index (Phi) is 6.11. The van der Waals surface area contributed by atoms with E-state index in [-0.39, 0.29) is 0 Å². The van der Waals surface area contributed by atoms with Gasteiger partial charge in [0.05, 0.1) is 6.54 Å². The fourth-order valence-corrected chi connectivity index (χ4v) is 3.23. The van der Waals surface area contributed by atoms with Crippen LogP contribution in [0, 0.1) is 0 Å². The molecule has 1 saturated carbocycles. The highest BCUT2D eigenvalue weighted by Crippen LogP contribution is 2.20. The second kappa shape index (κ2) is 7.85. The molecule has 19 heavy (non-hydrogen) atoms. The fraction of sp³-hybridized carbons (Fsp3) is 0.933. The topological polar surface area (TPSA) is 35.6 Å². The van der Waals surface area contributed by atoms with E-state index in [2.05, 4.69) is 17.3 Å². The van der Waals surface area contributed by atoms with Gasteiger partial charge in [-0.1, -0.05) is 32.1 Å². The molecule has 1 saturated heterocycles. The molecule has 0 aromatic carbocycles. The molecule has 110 valence electrons. The van der Waals surface area contributed by atoms with E-state index >= 15 is 0 Å². The number of nitrogens with one attached hydrogen (secondary N) is 1. The summed E-state index contributed by atoms with van der Waals surface area (Å²) >= 11 is 0. The highest BCUT2D eigenvalue weighted by atomic mass is 16.2. The standard InChI is InChI=1S/C15H29N3O/c1-17(14-7-5-3-2-4-6-8-14)13-15(19)18-11-9-16-10-12-18/h14,16H,2-13H2,1H3. The van der Waals surface area contributed by atoms with Gasteiger partial charge in [-0.05, 0) is 19.9 Å². The first kappa shape index (κ1) is 14.8. The third-order valence-corrected chi connectivity index (χ3v) is 4.55. The number of nitrogens with zero attached hydrogens (tertiary/aromatic N) is 2. The van der Waals surface area contributed by atoms with Gasteiger partial charge in [0.25, 0.3) is 0 Å². The third-order valence-electron chi connectivity index (χ3n) is 4.55. The lowest BCUT2D eigenvalue weighted by molar-refractivity contribution is -0.133. The van der Waals surface area contributed by atoms with Gasteiger partial charge < -0.3 is 10.2 Å². The molecule has 2 rings (SSSR count). The fourth-order valence-electron chi connectivity index (χ4n) is 3.23. The van der Waals surface area contributed by atoms with Crippen molar-refractivity contribution in [1.29, 1.82) is 0 Å². The molecule has 0 aromatic heterocycles. The Morgan fingerprint density at radius 3 is 2.32 bits per heavy atom. The molecule has 1 amide bonds. The normalized spacial score (nSPS) is 23.2. The number of piperazine rings is 1. The van der Waals surface area contributed by atoms with Crippen LogP contribution in [0.5, 0.6) is 0 Å². The van der Waals surface area contributed by atoms with Crippen LogP contribution in [-0.2, 0) is 4.79 Å². The number of hydrogen-bond acceptors (Lipinski definition) is 3. The maximum Gasteiger partial charge on any atom is 0.236 e. The van der Waals surface area contributed by atoms with Crippen LogP contribution in [0.2, 0.25) is 0 Å². The maximum atomic E-state index is 12.3. The zero-order valence-electron chi connectivity index (χ0n) is 12.4. The number of rotatable bonds is 3. The van der Waals surface area contributed by atoms with Crippen LogP contribution >= 0.6 is 0 Å². The average Bonchev–Trinajstić information content (AvgIpc) is 2.39. The molecular weight excluding hydrogens is 238 g/mol. The van der Waals surface area contributed by atoms with Gasteiger partial charge in [0.15, 0.2) is 0 Å². The van der Waals surface area contributed by atoms with Crippen molar-refractivity contribution >= 4 is 5.91 Å². The summed E-state index contributed by atoms with van der Waals surface area (Å²) in [6, 6.07) is 0.618. The molecular formula is C15H29N3O. The summed E-state index contributed by atoms with van der Waals surface area (Å²) < 4.78 is 0. The Morgan fingerprint density at radius 1 is 1.11 bits per heavy atom. The van der Waals surface area contributed by atoms with Crippen LogP contribution in [0.4, 0.5) is 0 Å². The van der Waals surface area contributed by atoms with Crippen molar-refractivity contribution in [2.24, 2.45) is 0 Å². The van der Waals surface area contributed by atoms with Gasteiger partial charge in [0.2, 0.25) is 5.91 Å². The average molecular weight is 267 g/mol. The summed E-state index contributed by atoms with van der Waals surface area (Å²) in [5.41, 5.74) is 0. The van der Waals surface area contributed by atoms with Gasteiger partial charge >= 0.3 is 0 Å². The quantitative estimate of drug-likeness (QED) is 0.841. The van der Waals surface area contributed by atoms with Crippen LogP contribution in [0.25, 0.3) is 0 Å². The highest BCUT2D eigenvalue weighted by Gasteiger charge is 2.22. The lowest BCUT2D eigenvalue weighted by atomic mass is 9.96. The van der Waals surface area contributed by atoms with Crippen molar-refractivity contribution in [2.45, 2.75) is 51.0 Å². The number of carbonyl (C=O) groups excluding carboxylic acids is 1. The minimum atomic E-state index is 0.311. The summed E-state index contributed by atoms with van der Waals surface area (Å²) in [7, 11) is 2.13. The summed E-state index contributed by atoms with van der Waals surface area (Å²) in [5, 5.41) is 3.29. The SMILES string of the molecule is CN(CC(=O)N1CCNCC1)C1CCCCCCC1. The Morgan fingerprint density at radius 2 is 1.68 bits per heavy atom. The molecule has 0 spiro atoms. The van der Waals surface area contributed by atoms with E-state index in [1.807, 2.05) is 4.90 Å².